The molecule has 0 bridgehead atoms. The standard InChI is InChI=1S/C16H19N5O2/c17-16(23)12-3-1-2-4-13(12)18-7-15(22)20-14-9-21(10-19-14)8-11-5-6-11/h1-4,9-11,18H,5-8H2,(H2,17,23)(H,20,22). The quantitative estimate of drug-likeness (QED) is 0.720. The van der Waals surface area contributed by atoms with Crippen LogP contribution in [0.3, 0.4) is 0 Å². The fourth-order valence-corrected chi connectivity index (χ4v) is 2.34. The van der Waals surface area contributed by atoms with E-state index in [0.717, 1.165) is 12.5 Å². The summed E-state index contributed by atoms with van der Waals surface area (Å²) in [5.41, 5.74) is 6.19. The zero-order valence-electron chi connectivity index (χ0n) is 12.7. The number of primary amides is 1. The van der Waals surface area contributed by atoms with Gasteiger partial charge in [0.25, 0.3) is 5.91 Å². The van der Waals surface area contributed by atoms with Crippen LogP contribution in [-0.2, 0) is 11.3 Å². The summed E-state index contributed by atoms with van der Waals surface area (Å²) in [7, 11) is 0. The van der Waals surface area contributed by atoms with Crippen molar-refractivity contribution in [3.05, 3.63) is 42.4 Å². The molecule has 1 aliphatic carbocycles. The Labute approximate surface area is 133 Å². The van der Waals surface area contributed by atoms with Gasteiger partial charge in [-0.1, -0.05) is 12.1 Å². The van der Waals surface area contributed by atoms with Gasteiger partial charge in [-0.2, -0.15) is 0 Å². The second-order valence-corrected chi connectivity index (χ2v) is 5.71. The normalized spacial score (nSPS) is 13.6. The fraction of sp³-hybridized carbons (Fsp3) is 0.312. The molecule has 1 heterocycles. The average molecular weight is 313 g/mol. The number of benzene rings is 1. The summed E-state index contributed by atoms with van der Waals surface area (Å²) in [5.74, 6) is 0.508. The molecule has 0 saturated heterocycles. The van der Waals surface area contributed by atoms with Crippen LogP contribution in [0.4, 0.5) is 11.5 Å². The molecule has 4 N–H and O–H groups in total. The Morgan fingerprint density at radius 3 is 2.83 bits per heavy atom. The number of rotatable bonds is 7. The molecule has 23 heavy (non-hydrogen) atoms. The van der Waals surface area contributed by atoms with E-state index in [1.54, 1.807) is 30.6 Å². The van der Waals surface area contributed by atoms with E-state index >= 15 is 0 Å². The molecule has 1 fully saturated rings. The number of nitrogens with two attached hydrogens (primary N) is 1. The van der Waals surface area contributed by atoms with E-state index in [0.29, 0.717) is 17.1 Å². The van der Waals surface area contributed by atoms with Gasteiger partial charge in [-0.05, 0) is 30.9 Å². The minimum atomic E-state index is -0.535. The first-order valence-corrected chi connectivity index (χ1v) is 7.56. The van der Waals surface area contributed by atoms with Gasteiger partial charge in [0.2, 0.25) is 5.91 Å². The fourth-order valence-electron chi connectivity index (χ4n) is 2.34. The van der Waals surface area contributed by atoms with E-state index in [-0.39, 0.29) is 12.5 Å². The number of nitrogens with one attached hydrogen (secondary N) is 2. The largest absolute Gasteiger partial charge is 0.376 e. The predicted octanol–water partition coefficient (Wildman–Crippen LogP) is 1.44. The molecular weight excluding hydrogens is 294 g/mol. The van der Waals surface area contributed by atoms with Crippen molar-refractivity contribution in [2.24, 2.45) is 11.7 Å². The zero-order chi connectivity index (χ0) is 16.2. The summed E-state index contributed by atoms with van der Waals surface area (Å²) in [5, 5.41) is 5.64. The Morgan fingerprint density at radius 2 is 2.09 bits per heavy atom. The minimum Gasteiger partial charge on any atom is -0.376 e. The number of hydrogen-bond donors (Lipinski definition) is 3. The number of nitrogens with zero attached hydrogens (tertiary/aromatic N) is 2. The SMILES string of the molecule is NC(=O)c1ccccc1NCC(=O)Nc1cn(CC2CC2)cn1. The minimum absolute atomic E-state index is 0.0276. The van der Waals surface area contributed by atoms with Crippen molar-refractivity contribution in [1.29, 1.82) is 0 Å². The van der Waals surface area contributed by atoms with Crippen molar-refractivity contribution in [3.63, 3.8) is 0 Å². The van der Waals surface area contributed by atoms with Crippen molar-refractivity contribution >= 4 is 23.3 Å². The highest BCUT2D eigenvalue weighted by Crippen LogP contribution is 2.30. The summed E-state index contributed by atoms with van der Waals surface area (Å²) in [6.45, 7) is 0.979. The second kappa shape index (κ2) is 6.51. The van der Waals surface area contributed by atoms with Gasteiger partial charge in [-0.25, -0.2) is 4.98 Å². The van der Waals surface area contributed by atoms with E-state index in [2.05, 4.69) is 15.6 Å². The molecule has 1 aliphatic rings. The van der Waals surface area contributed by atoms with Crippen LogP contribution < -0.4 is 16.4 Å². The third kappa shape index (κ3) is 4.09. The van der Waals surface area contributed by atoms with Gasteiger partial charge in [0, 0.05) is 18.4 Å². The monoisotopic (exact) mass is 313 g/mol. The van der Waals surface area contributed by atoms with Gasteiger partial charge in [-0.3, -0.25) is 9.59 Å². The zero-order valence-corrected chi connectivity index (χ0v) is 12.7. The second-order valence-electron chi connectivity index (χ2n) is 5.71. The summed E-state index contributed by atoms with van der Waals surface area (Å²) >= 11 is 0. The van der Waals surface area contributed by atoms with Gasteiger partial charge in [0.1, 0.15) is 0 Å². The Bertz CT molecular complexity index is 721. The molecule has 0 aliphatic heterocycles. The molecule has 2 aromatic rings. The molecule has 2 amide bonds. The van der Waals surface area contributed by atoms with Crippen LogP contribution in [0.2, 0.25) is 0 Å². The van der Waals surface area contributed by atoms with Gasteiger partial charge in [0.15, 0.2) is 5.82 Å². The summed E-state index contributed by atoms with van der Waals surface area (Å²) in [6, 6.07) is 6.81. The summed E-state index contributed by atoms with van der Waals surface area (Å²) in [4.78, 5) is 27.5. The summed E-state index contributed by atoms with van der Waals surface area (Å²) < 4.78 is 1.99. The molecule has 1 aromatic heterocycles. The first-order chi connectivity index (χ1) is 11.1. The van der Waals surface area contributed by atoms with Gasteiger partial charge in [0.05, 0.1) is 18.4 Å². The Kier molecular flexibility index (Phi) is 4.27. The van der Waals surface area contributed by atoms with E-state index in [9.17, 15) is 9.59 Å². The van der Waals surface area contributed by atoms with Crippen LogP contribution >= 0.6 is 0 Å². The number of amides is 2. The molecule has 3 rings (SSSR count). The molecule has 7 heteroatoms. The van der Waals surface area contributed by atoms with Crippen molar-refractivity contribution in [2.45, 2.75) is 19.4 Å². The van der Waals surface area contributed by atoms with E-state index in [4.69, 9.17) is 5.73 Å². The smallest absolute Gasteiger partial charge is 0.250 e. The predicted molar refractivity (Wildman–Crippen MR) is 87.0 cm³/mol. The maximum atomic E-state index is 12.0. The highest BCUT2D eigenvalue weighted by Gasteiger charge is 2.21. The van der Waals surface area contributed by atoms with Gasteiger partial charge in [-0.15, -0.1) is 0 Å². The van der Waals surface area contributed by atoms with Crippen LogP contribution in [0.15, 0.2) is 36.8 Å². The van der Waals surface area contributed by atoms with Crippen LogP contribution in [0.25, 0.3) is 0 Å². The molecule has 0 radical (unpaired) electrons. The number of hydrogen-bond acceptors (Lipinski definition) is 4. The number of carbonyl (C=O) groups excluding carboxylic acids is 2. The number of imidazole rings is 1. The average Bonchev–Trinajstić information content (AvgIpc) is 3.24. The van der Waals surface area contributed by atoms with E-state index in [1.165, 1.54) is 12.8 Å². The number of aromatic nitrogens is 2. The molecule has 1 aromatic carbocycles. The van der Waals surface area contributed by atoms with Crippen molar-refractivity contribution in [1.82, 2.24) is 9.55 Å². The van der Waals surface area contributed by atoms with Crippen molar-refractivity contribution in [3.8, 4) is 0 Å². The third-order valence-corrected chi connectivity index (χ3v) is 3.70. The molecule has 0 unspecified atom stereocenters. The lowest BCUT2D eigenvalue weighted by molar-refractivity contribution is -0.114. The highest BCUT2D eigenvalue weighted by atomic mass is 16.2. The van der Waals surface area contributed by atoms with Crippen LogP contribution in [-0.4, -0.2) is 27.9 Å². The highest BCUT2D eigenvalue weighted by molar-refractivity contribution is 5.99. The van der Waals surface area contributed by atoms with Crippen LogP contribution in [0.5, 0.6) is 0 Å². The third-order valence-electron chi connectivity index (χ3n) is 3.70. The maximum absolute atomic E-state index is 12.0. The Morgan fingerprint density at radius 1 is 1.30 bits per heavy atom. The molecular formula is C16H19N5O2. The van der Waals surface area contributed by atoms with E-state index < -0.39 is 5.91 Å². The molecule has 0 spiro atoms. The lowest BCUT2D eigenvalue weighted by Crippen LogP contribution is -2.23. The summed E-state index contributed by atoms with van der Waals surface area (Å²) in [6.07, 6.45) is 6.09. The topological polar surface area (TPSA) is 102 Å². The molecule has 0 atom stereocenters. The lowest BCUT2D eigenvalue weighted by atomic mass is 10.1. The van der Waals surface area contributed by atoms with E-state index in [1.807, 2.05) is 10.8 Å². The maximum Gasteiger partial charge on any atom is 0.250 e. The molecule has 1 saturated carbocycles. The Balaban J connectivity index is 1.53. The number of anilines is 2. The Hall–Kier alpha value is -2.83. The lowest BCUT2D eigenvalue weighted by Gasteiger charge is -2.09. The van der Waals surface area contributed by atoms with Crippen molar-refractivity contribution in [2.75, 3.05) is 17.2 Å². The molecule has 7 nitrogen and oxygen atoms in total. The van der Waals surface area contributed by atoms with Crippen LogP contribution in [0, 0.1) is 5.92 Å². The van der Waals surface area contributed by atoms with Gasteiger partial charge >= 0.3 is 0 Å². The van der Waals surface area contributed by atoms with Crippen LogP contribution in [0.1, 0.15) is 23.2 Å². The molecule has 120 valence electrons. The number of carbonyl (C=O) groups is 2. The first kappa shape index (κ1) is 15.1. The number of para-hydroxylation sites is 1. The van der Waals surface area contributed by atoms with Gasteiger partial charge < -0.3 is 20.9 Å². The van der Waals surface area contributed by atoms with Crippen molar-refractivity contribution < 1.29 is 9.59 Å². The first-order valence-electron chi connectivity index (χ1n) is 7.56.